The van der Waals surface area contributed by atoms with Crippen molar-refractivity contribution in [2.45, 2.75) is 25.6 Å². The molecule has 1 N–H and O–H groups in total. The number of imide groups is 1. The molecule has 2 aliphatic carbocycles. The van der Waals surface area contributed by atoms with Crippen molar-refractivity contribution in [1.82, 2.24) is 9.88 Å². The molecule has 0 unspecified atom stereocenters. The molecular formula is C21H20ClF3N4O5. The van der Waals surface area contributed by atoms with Crippen LogP contribution in [0.2, 0.25) is 5.02 Å². The molecule has 0 spiro atoms. The lowest BCUT2D eigenvalue weighted by molar-refractivity contribution is -0.141. The number of esters is 1. The number of hydrogen-bond donors (Lipinski definition) is 1. The van der Waals surface area contributed by atoms with E-state index in [1.165, 1.54) is 0 Å². The van der Waals surface area contributed by atoms with Crippen LogP contribution >= 0.6 is 11.6 Å². The number of alkyl halides is 3. The number of likely N-dealkylation sites (tertiary alicyclic amines) is 1. The Labute approximate surface area is 196 Å². The summed E-state index contributed by atoms with van der Waals surface area (Å²) in [6.45, 7) is 1.92. The van der Waals surface area contributed by atoms with Crippen LogP contribution in [0.5, 0.6) is 0 Å². The van der Waals surface area contributed by atoms with E-state index in [9.17, 15) is 27.6 Å². The van der Waals surface area contributed by atoms with Crippen molar-refractivity contribution in [3.8, 4) is 0 Å². The first kappa shape index (κ1) is 22.9. The average Bonchev–Trinajstić information content (AvgIpc) is 3.50. The van der Waals surface area contributed by atoms with E-state index in [2.05, 4.69) is 15.5 Å². The highest BCUT2D eigenvalue weighted by Crippen LogP contribution is 2.61. The first-order valence-electron chi connectivity index (χ1n) is 10.9. The number of pyridine rings is 1. The monoisotopic (exact) mass is 500 g/mol. The molecule has 2 saturated carbocycles. The number of rotatable bonds is 6. The molecule has 2 aliphatic heterocycles. The molecule has 1 saturated heterocycles. The van der Waals surface area contributed by atoms with E-state index in [1.807, 2.05) is 0 Å². The van der Waals surface area contributed by atoms with Gasteiger partial charge in [0.1, 0.15) is 11.9 Å². The second-order valence-electron chi connectivity index (χ2n) is 8.71. The van der Waals surface area contributed by atoms with E-state index in [4.69, 9.17) is 21.2 Å². The number of amides is 2. The Hall–Kier alpha value is -2.89. The molecule has 6 atom stereocenters. The van der Waals surface area contributed by atoms with Crippen molar-refractivity contribution in [2.75, 3.05) is 25.0 Å². The van der Waals surface area contributed by atoms with Crippen molar-refractivity contribution in [1.29, 1.82) is 0 Å². The van der Waals surface area contributed by atoms with Gasteiger partial charge in [-0.2, -0.15) is 13.2 Å². The van der Waals surface area contributed by atoms with E-state index in [0.29, 0.717) is 12.6 Å². The summed E-state index contributed by atoms with van der Waals surface area (Å²) in [7, 11) is 0. The molecule has 9 nitrogen and oxygen atoms in total. The van der Waals surface area contributed by atoms with Crippen LogP contribution in [0.4, 0.5) is 19.0 Å². The third-order valence-electron chi connectivity index (χ3n) is 7.06. The van der Waals surface area contributed by atoms with Gasteiger partial charge in [0, 0.05) is 25.2 Å². The van der Waals surface area contributed by atoms with Gasteiger partial charge in [0.2, 0.25) is 11.8 Å². The Balaban J connectivity index is 1.25. The third-order valence-corrected chi connectivity index (χ3v) is 7.35. The number of carbonyl (C=O) groups is 3. The molecule has 1 aromatic rings. The van der Waals surface area contributed by atoms with E-state index >= 15 is 0 Å². The Morgan fingerprint density at radius 2 is 1.97 bits per heavy atom. The van der Waals surface area contributed by atoms with E-state index < -0.39 is 35.6 Å². The zero-order valence-corrected chi connectivity index (χ0v) is 18.6. The molecule has 3 fully saturated rings. The maximum Gasteiger partial charge on any atom is 0.417 e. The molecule has 1 aromatic heterocycles. The highest BCUT2D eigenvalue weighted by Gasteiger charge is 2.70. The van der Waals surface area contributed by atoms with Gasteiger partial charge in [-0.05, 0) is 25.3 Å². The summed E-state index contributed by atoms with van der Waals surface area (Å²) in [5.41, 5.74) is -0.809. The van der Waals surface area contributed by atoms with Crippen LogP contribution in [-0.4, -0.2) is 59.2 Å². The van der Waals surface area contributed by atoms with Gasteiger partial charge in [-0.25, -0.2) is 9.78 Å². The first-order valence-corrected chi connectivity index (χ1v) is 11.2. The molecule has 5 rings (SSSR count). The van der Waals surface area contributed by atoms with Gasteiger partial charge in [0.15, 0.2) is 5.71 Å². The number of hydrogen-bond acceptors (Lipinski definition) is 8. The first-order chi connectivity index (χ1) is 16.1. The Morgan fingerprint density at radius 1 is 1.26 bits per heavy atom. The van der Waals surface area contributed by atoms with Crippen LogP contribution in [0.1, 0.15) is 18.9 Å². The summed E-state index contributed by atoms with van der Waals surface area (Å²) in [5.74, 6) is -3.15. The molecule has 4 aliphatic rings. The van der Waals surface area contributed by atoms with Gasteiger partial charge < -0.3 is 14.9 Å². The zero-order valence-electron chi connectivity index (χ0n) is 17.8. The fourth-order valence-corrected chi connectivity index (χ4v) is 6.02. The number of halogens is 4. The van der Waals surface area contributed by atoms with Gasteiger partial charge in [-0.15, -0.1) is 0 Å². The number of aromatic nitrogens is 1. The number of nitrogens with one attached hydrogen (secondary N) is 1. The molecule has 2 amide bonds. The maximum absolute atomic E-state index is 13.2. The molecule has 13 heteroatoms. The van der Waals surface area contributed by atoms with Gasteiger partial charge in [-0.3, -0.25) is 14.5 Å². The minimum absolute atomic E-state index is 0.00183. The Kier molecular flexibility index (Phi) is 5.45. The summed E-state index contributed by atoms with van der Waals surface area (Å²) in [4.78, 5) is 48.8. The summed E-state index contributed by atoms with van der Waals surface area (Å²) in [6, 6.07) is 0.757. The van der Waals surface area contributed by atoms with Gasteiger partial charge in [0.25, 0.3) is 0 Å². The van der Waals surface area contributed by atoms with Crippen LogP contribution in [0, 0.1) is 29.6 Å². The van der Waals surface area contributed by atoms with E-state index in [0.717, 1.165) is 11.0 Å². The number of anilines is 1. The fraction of sp³-hybridized carbons (Fsp3) is 0.571. The number of carbonyl (C=O) groups excluding carboxylic acids is 3. The number of fused-ring (bicyclic) bond motifs is 8. The van der Waals surface area contributed by atoms with Crippen molar-refractivity contribution in [3.05, 3.63) is 22.8 Å². The van der Waals surface area contributed by atoms with E-state index in [-0.39, 0.29) is 65.8 Å². The van der Waals surface area contributed by atoms with Crippen LogP contribution in [0.15, 0.2) is 17.4 Å². The number of nitrogens with zero attached hydrogens (tertiary/aromatic N) is 3. The van der Waals surface area contributed by atoms with Gasteiger partial charge in [0.05, 0.1) is 34.9 Å². The smallest absolute Gasteiger partial charge is 0.417 e. The third kappa shape index (κ3) is 3.41. The summed E-state index contributed by atoms with van der Waals surface area (Å²) >= 11 is 5.89. The van der Waals surface area contributed by atoms with Crippen molar-refractivity contribution >= 4 is 40.9 Å². The van der Waals surface area contributed by atoms with Crippen molar-refractivity contribution in [3.63, 3.8) is 0 Å². The predicted molar refractivity (Wildman–Crippen MR) is 110 cm³/mol. The standard InChI is InChI=1S/C21H20ClF3N4O5/c1-2-33-20(32)15-14-9-6-10(16(14)34-28-15)13-12(9)18(30)29(19(13)31)4-3-26-17-11(22)5-8(7-27-17)21(23,24)25/h5,7,9-10,12-14,16H,2-4,6H2,1H3,(H,26,27)/t9-,10-,12-,13-,14-,16-/m0/s1. The minimum Gasteiger partial charge on any atom is -0.461 e. The molecule has 2 bridgehead atoms. The van der Waals surface area contributed by atoms with Crippen LogP contribution < -0.4 is 5.32 Å². The van der Waals surface area contributed by atoms with Crippen LogP contribution in [0.3, 0.4) is 0 Å². The second-order valence-corrected chi connectivity index (χ2v) is 9.12. The molecular weight excluding hydrogens is 481 g/mol. The Bertz CT molecular complexity index is 1100. The van der Waals surface area contributed by atoms with Crippen molar-refractivity contribution < 1.29 is 37.1 Å². The minimum atomic E-state index is -4.57. The summed E-state index contributed by atoms with van der Waals surface area (Å²) < 4.78 is 43.4. The van der Waals surface area contributed by atoms with Crippen LogP contribution in [-0.2, 0) is 30.1 Å². The SMILES string of the molecule is CCOC(=O)C1=NO[C@H]2[C@H]3C[C@H]([C@@H]12)[C@@H]1C(=O)N(CCNc2ncc(C(F)(F)F)cc2Cl)C(=O)[C@@H]31. The normalized spacial score (nSPS) is 31.3. The van der Waals surface area contributed by atoms with E-state index in [1.54, 1.807) is 6.92 Å². The quantitative estimate of drug-likeness (QED) is 0.471. The highest BCUT2D eigenvalue weighted by molar-refractivity contribution is 6.38. The lowest BCUT2D eigenvalue weighted by atomic mass is 9.72. The van der Waals surface area contributed by atoms with Gasteiger partial charge in [-0.1, -0.05) is 16.8 Å². The maximum atomic E-state index is 13.2. The largest absolute Gasteiger partial charge is 0.461 e. The molecule has 0 radical (unpaired) electrons. The second kappa shape index (κ2) is 8.10. The predicted octanol–water partition coefficient (Wildman–Crippen LogP) is 2.35. The fourth-order valence-electron chi connectivity index (χ4n) is 5.79. The molecule has 182 valence electrons. The molecule has 0 aromatic carbocycles. The number of oxime groups is 1. The van der Waals surface area contributed by atoms with Crippen LogP contribution in [0.25, 0.3) is 0 Å². The number of ether oxygens (including phenoxy) is 1. The van der Waals surface area contributed by atoms with Gasteiger partial charge >= 0.3 is 12.1 Å². The zero-order chi connectivity index (χ0) is 24.4. The topological polar surface area (TPSA) is 110 Å². The Morgan fingerprint density at radius 3 is 2.62 bits per heavy atom. The summed E-state index contributed by atoms with van der Waals surface area (Å²) in [6.07, 6.45) is -3.75. The van der Waals surface area contributed by atoms with Crippen molar-refractivity contribution in [2.24, 2.45) is 34.7 Å². The molecule has 3 heterocycles. The lowest BCUT2D eigenvalue weighted by Crippen LogP contribution is -2.42. The lowest BCUT2D eigenvalue weighted by Gasteiger charge is -2.29. The average molecular weight is 501 g/mol. The molecule has 34 heavy (non-hydrogen) atoms. The highest BCUT2D eigenvalue weighted by atomic mass is 35.5. The summed E-state index contributed by atoms with van der Waals surface area (Å²) in [5, 5.41) is 6.45.